The van der Waals surface area contributed by atoms with Crippen LogP contribution in [0, 0.1) is 0 Å². The second-order valence-electron chi connectivity index (χ2n) is 5.64. The largest absolute Gasteiger partial charge is 0.496 e. The summed E-state index contributed by atoms with van der Waals surface area (Å²) < 4.78 is 5.39. The number of benzene rings is 1. The quantitative estimate of drug-likeness (QED) is 0.832. The summed E-state index contributed by atoms with van der Waals surface area (Å²) in [6, 6.07) is 5.69. The van der Waals surface area contributed by atoms with Gasteiger partial charge in [-0.2, -0.15) is 0 Å². The van der Waals surface area contributed by atoms with E-state index in [2.05, 4.69) is 20.8 Å². The number of methoxy groups -OCH3 is 1. The molecule has 0 fully saturated rings. The summed E-state index contributed by atoms with van der Waals surface area (Å²) in [6.45, 7) is 11.8. The molecule has 1 rings (SSSR count). The number of amides is 1. The first-order valence-corrected chi connectivity index (χ1v) is 6.82. The Morgan fingerprint density at radius 1 is 1.21 bits per heavy atom. The van der Waals surface area contributed by atoms with E-state index < -0.39 is 0 Å². The first kappa shape index (κ1) is 15.5. The molecule has 3 nitrogen and oxygen atoms in total. The highest BCUT2D eigenvalue weighted by atomic mass is 16.5. The topological polar surface area (TPSA) is 29.5 Å². The maximum atomic E-state index is 12.4. The van der Waals surface area contributed by atoms with Gasteiger partial charge in [0, 0.05) is 24.2 Å². The number of carbonyl (C=O) groups excluding carboxylic acids is 1. The molecule has 0 N–H and O–H groups in total. The summed E-state index contributed by atoms with van der Waals surface area (Å²) in [7, 11) is 1.66. The molecular formula is C16H25NO2. The van der Waals surface area contributed by atoms with Gasteiger partial charge in [-0.05, 0) is 37.5 Å². The van der Waals surface area contributed by atoms with Crippen molar-refractivity contribution < 1.29 is 9.53 Å². The average Bonchev–Trinajstić information content (AvgIpc) is 2.38. The SMILES string of the molecule is CCN(CC)C(=O)c1ccc(OC)c(C(C)(C)C)c1. The summed E-state index contributed by atoms with van der Waals surface area (Å²) in [4.78, 5) is 14.2. The Hall–Kier alpha value is -1.51. The van der Waals surface area contributed by atoms with E-state index in [4.69, 9.17) is 4.74 Å². The van der Waals surface area contributed by atoms with Crippen molar-refractivity contribution in [2.75, 3.05) is 20.2 Å². The smallest absolute Gasteiger partial charge is 0.253 e. The molecule has 0 aromatic heterocycles. The Balaban J connectivity index is 3.22. The van der Waals surface area contributed by atoms with Crippen LogP contribution in [0.5, 0.6) is 5.75 Å². The van der Waals surface area contributed by atoms with Gasteiger partial charge in [-0.1, -0.05) is 20.8 Å². The van der Waals surface area contributed by atoms with Crippen LogP contribution in [0.3, 0.4) is 0 Å². The molecule has 0 spiro atoms. The molecular weight excluding hydrogens is 238 g/mol. The lowest BCUT2D eigenvalue weighted by Gasteiger charge is -2.24. The molecule has 0 aliphatic carbocycles. The Morgan fingerprint density at radius 2 is 1.79 bits per heavy atom. The molecule has 0 radical (unpaired) electrons. The predicted octanol–water partition coefficient (Wildman–Crippen LogP) is 3.47. The third-order valence-corrected chi connectivity index (χ3v) is 3.31. The van der Waals surface area contributed by atoms with Crippen molar-refractivity contribution >= 4 is 5.91 Å². The maximum absolute atomic E-state index is 12.4. The number of nitrogens with zero attached hydrogens (tertiary/aromatic N) is 1. The van der Waals surface area contributed by atoms with E-state index in [0.29, 0.717) is 0 Å². The van der Waals surface area contributed by atoms with Crippen LogP contribution in [0.25, 0.3) is 0 Å². The summed E-state index contributed by atoms with van der Waals surface area (Å²) in [5, 5.41) is 0. The molecule has 0 unspecified atom stereocenters. The van der Waals surface area contributed by atoms with Crippen LogP contribution in [-0.4, -0.2) is 31.0 Å². The maximum Gasteiger partial charge on any atom is 0.253 e. The van der Waals surface area contributed by atoms with Crippen molar-refractivity contribution in [3.8, 4) is 5.75 Å². The molecule has 0 saturated carbocycles. The molecule has 0 bridgehead atoms. The van der Waals surface area contributed by atoms with E-state index in [9.17, 15) is 4.79 Å². The number of ether oxygens (including phenoxy) is 1. The van der Waals surface area contributed by atoms with Crippen molar-refractivity contribution in [2.45, 2.75) is 40.0 Å². The monoisotopic (exact) mass is 263 g/mol. The van der Waals surface area contributed by atoms with Gasteiger partial charge in [-0.15, -0.1) is 0 Å². The molecule has 0 atom stereocenters. The fraction of sp³-hybridized carbons (Fsp3) is 0.562. The van der Waals surface area contributed by atoms with Crippen LogP contribution in [0.2, 0.25) is 0 Å². The van der Waals surface area contributed by atoms with Gasteiger partial charge in [0.25, 0.3) is 5.91 Å². The van der Waals surface area contributed by atoms with E-state index in [1.54, 1.807) is 7.11 Å². The fourth-order valence-corrected chi connectivity index (χ4v) is 2.12. The second kappa shape index (κ2) is 6.09. The van der Waals surface area contributed by atoms with Crippen molar-refractivity contribution in [1.82, 2.24) is 4.90 Å². The van der Waals surface area contributed by atoms with Crippen molar-refractivity contribution in [3.63, 3.8) is 0 Å². The van der Waals surface area contributed by atoms with Gasteiger partial charge in [0.05, 0.1) is 7.11 Å². The van der Waals surface area contributed by atoms with Gasteiger partial charge in [-0.25, -0.2) is 0 Å². The molecule has 0 saturated heterocycles. The number of carbonyl (C=O) groups is 1. The molecule has 106 valence electrons. The van der Waals surface area contributed by atoms with E-state index in [-0.39, 0.29) is 11.3 Å². The van der Waals surface area contributed by atoms with Crippen LogP contribution in [0.15, 0.2) is 18.2 Å². The minimum absolute atomic E-state index is 0.0507. The average molecular weight is 263 g/mol. The predicted molar refractivity (Wildman–Crippen MR) is 78.9 cm³/mol. The van der Waals surface area contributed by atoms with E-state index in [0.717, 1.165) is 30.0 Å². The lowest BCUT2D eigenvalue weighted by Crippen LogP contribution is -2.30. The first-order chi connectivity index (χ1) is 8.85. The van der Waals surface area contributed by atoms with Crippen LogP contribution in [0.4, 0.5) is 0 Å². The Bertz CT molecular complexity index is 443. The molecule has 3 heteroatoms. The highest BCUT2D eigenvalue weighted by Gasteiger charge is 2.22. The van der Waals surface area contributed by atoms with E-state index >= 15 is 0 Å². The van der Waals surface area contributed by atoms with Gasteiger partial charge < -0.3 is 9.64 Å². The Kier molecular flexibility index (Phi) is 4.98. The van der Waals surface area contributed by atoms with Crippen LogP contribution >= 0.6 is 0 Å². The number of hydrogen-bond acceptors (Lipinski definition) is 2. The highest BCUT2D eigenvalue weighted by Crippen LogP contribution is 2.32. The zero-order chi connectivity index (χ0) is 14.6. The molecule has 1 amide bonds. The summed E-state index contributed by atoms with van der Waals surface area (Å²) in [5.74, 6) is 0.918. The normalized spacial score (nSPS) is 11.3. The van der Waals surface area contributed by atoms with Gasteiger partial charge in [0.1, 0.15) is 5.75 Å². The molecule has 19 heavy (non-hydrogen) atoms. The van der Waals surface area contributed by atoms with Gasteiger partial charge >= 0.3 is 0 Å². The third-order valence-electron chi connectivity index (χ3n) is 3.31. The molecule has 1 aromatic carbocycles. The van der Waals surface area contributed by atoms with Crippen molar-refractivity contribution in [2.24, 2.45) is 0 Å². The highest BCUT2D eigenvalue weighted by molar-refractivity contribution is 5.94. The Labute approximate surface area is 116 Å². The van der Waals surface area contributed by atoms with E-state index in [1.807, 2.05) is 36.9 Å². The minimum Gasteiger partial charge on any atom is -0.496 e. The lowest BCUT2D eigenvalue weighted by atomic mass is 9.85. The Morgan fingerprint density at radius 3 is 2.21 bits per heavy atom. The van der Waals surface area contributed by atoms with E-state index in [1.165, 1.54) is 0 Å². The zero-order valence-electron chi connectivity index (χ0n) is 12.9. The summed E-state index contributed by atoms with van der Waals surface area (Å²) >= 11 is 0. The van der Waals surface area contributed by atoms with Gasteiger partial charge in [-0.3, -0.25) is 4.79 Å². The molecule has 1 aromatic rings. The van der Waals surface area contributed by atoms with Crippen molar-refractivity contribution in [3.05, 3.63) is 29.3 Å². The fourth-order valence-electron chi connectivity index (χ4n) is 2.12. The molecule has 0 aliphatic heterocycles. The third kappa shape index (κ3) is 3.49. The minimum atomic E-state index is -0.0507. The van der Waals surface area contributed by atoms with Gasteiger partial charge in [0.2, 0.25) is 0 Å². The zero-order valence-corrected chi connectivity index (χ0v) is 12.9. The number of rotatable bonds is 4. The lowest BCUT2D eigenvalue weighted by molar-refractivity contribution is 0.0773. The second-order valence-corrected chi connectivity index (χ2v) is 5.64. The van der Waals surface area contributed by atoms with Gasteiger partial charge in [0.15, 0.2) is 0 Å². The summed E-state index contributed by atoms with van der Waals surface area (Å²) in [5.41, 5.74) is 1.74. The van der Waals surface area contributed by atoms with Crippen LogP contribution < -0.4 is 4.74 Å². The van der Waals surface area contributed by atoms with Crippen LogP contribution in [-0.2, 0) is 5.41 Å². The number of hydrogen-bond donors (Lipinski definition) is 0. The molecule has 0 heterocycles. The first-order valence-electron chi connectivity index (χ1n) is 6.82. The standard InChI is InChI=1S/C16H25NO2/c1-7-17(8-2)15(18)12-9-10-14(19-6)13(11-12)16(3,4)5/h9-11H,7-8H2,1-6H3. The van der Waals surface area contributed by atoms with Crippen molar-refractivity contribution in [1.29, 1.82) is 0 Å². The molecule has 0 aliphatic rings. The summed E-state index contributed by atoms with van der Waals surface area (Å²) in [6.07, 6.45) is 0. The van der Waals surface area contributed by atoms with Crippen LogP contribution in [0.1, 0.15) is 50.5 Å².